The third-order valence-corrected chi connectivity index (χ3v) is 3.83. The summed E-state index contributed by atoms with van der Waals surface area (Å²) in [4.78, 5) is 10.4. The fourth-order valence-electron chi connectivity index (χ4n) is 2.41. The smallest absolute Gasteiger partial charge is 0.303 e. The van der Waals surface area contributed by atoms with Gasteiger partial charge in [0.2, 0.25) is 0 Å². The number of hydrogen-bond acceptors (Lipinski definition) is 1. The molecule has 0 fully saturated rings. The van der Waals surface area contributed by atoms with E-state index in [1.807, 2.05) is 0 Å². The van der Waals surface area contributed by atoms with Crippen molar-refractivity contribution in [2.75, 3.05) is 0 Å². The van der Waals surface area contributed by atoms with Gasteiger partial charge in [-0.25, -0.2) is 0 Å². The second-order valence-corrected chi connectivity index (χ2v) is 6.82. The Kier molecular flexibility index (Phi) is 13.1. The molecule has 2 nitrogen and oxygen atoms in total. The summed E-state index contributed by atoms with van der Waals surface area (Å²) in [5.74, 6) is -0.673. The van der Waals surface area contributed by atoms with E-state index >= 15 is 0 Å². The Morgan fingerprint density at radius 3 is 1.95 bits per heavy atom. The number of unbranched alkanes of at least 4 members (excludes halogenated alkanes) is 8. The van der Waals surface area contributed by atoms with Crippen LogP contribution in [0.25, 0.3) is 0 Å². The van der Waals surface area contributed by atoms with Gasteiger partial charge in [-0.3, -0.25) is 4.79 Å². The highest BCUT2D eigenvalue weighted by atomic mass is 16.4. The zero-order valence-corrected chi connectivity index (χ0v) is 14.9. The molecule has 0 aromatic heterocycles. The molecule has 0 aliphatic carbocycles. The lowest BCUT2D eigenvalue weighted by molar-refractivity contribution is -0.137. The fraction of sp³-hybridized carbons (Fsp3) is 0.722. The van der Waals surface area contributed by atoms with E-state index in [2.05, 4.69) is 46.9 Å². The van der Waals surface area contributed by atoms with Crippen molar-refractivity contribution in [3.05, 3.63) is 24.3 Å². The normalized spacial score (nSPS) is 12.4. The number of hydrogen-bond donors (Lipinski definition) is 1. The first-order valence-electron chi connectivity index (χ1n) is 9.05. The fourth-order valence-corrected chi connectivity index (χ4v) is 2.41. The Labute approximate surface area is 139 Å². The van der Waals surface area contributed by atoms with Crippen LogP contribution in [-0.2, 0) is 4.79 Å². The van der Waals surface area contributed by atoms with Crippen molar-refractivity contribution in [3.63, 3.8) is 0 Å². The molecule has 0 bridgehead atoms. The maximum atomic E-state index is 10.4. The van der Waals surface area contributed by atoms with E-state index in [1.165, 1.54) is 38.5 Å². The third-order valence-electron chi connectivity index (χ3n) is 3.83. The molecule has 0 unspecified atom stereocenters. The van der Waals surface area contributed by atoms with Crippen LogP contribution in [-0.4, -0.2) is 26.8 Å². The van der Waals surface area contributed by atoms with Crippen LogP contribution in [0.15, 0.2) is 24.3 Å². The summed E-state index contributed by atoms with van der Waals surface area (Å²) in [6, 6.07) is 0. The summed E-state index contributed by atoms with van der Waals surface area (Å²) in [5.41, 5.74) is 0. The molecule has 0 heterocycles. The zero-order valence-electron chi connectivity index (χ0n) is 14.9. The van der Waals surface area contributed by atoms with Crippen LogP contribution in [0, 0.1) is 0 Å². The molecule has 1 N–H and O–H groups in total. The molecule has 0 rings (SSSR count). The summed E-state index contributed by atoms with van der Waals surface area (Å²) < 4.78 is 0. The van der Waals surface area contributed by atoms with E-state index in [4.69, 9.17) is 5.11 Å². The lowest BCUT2D eigenvalue weighted by Crippen LogP contribution is -2.05. The second kappa shape index (κ2) is 13.7. The summed E-state index contributed by atoms with van der Waals surface area (Å²) in [6.07, 6.45) is 21.2. The molecule has 0 spiro atoms. The average Bonchev–Trinajstić information content (AvgIpc) is 2.45. The van der Waals surface area contributed by atoms with Crippen molar-refractivity contribution in [1.29, 1.82) is 0 Å². The van der Waals surface area contributed by atoms with Gasteiger partial charge >= 0.3 is 5.97 Å². The first-order valence-corrected chi connectivity index (χ1v) is 9.05. The Morgan fingerprint density at radius 2 is 1.41 bits per heavy atom. The molecule has 0 aliphatic rings. The van der Waals surface area contributed by atoms with Gasteiger partial charge < -0.3 is 5.11 Å². The van der Waals surface area contributed by atoms with Gasteiger partial charge in [0.1, 0.15) is 15.7 Å². The molecule has 0 aromatic rings. The van der Waals surface area contributed by atoms with Crippen LogP contribution >= 0.6 is 0 Å². The number of allylic oxidation sites excluding steroid dienone is 4. The van der Waals surface area contributed by atoms with Crippen molar-refractivity contribution in [2.24, 2.45) is 0 Å². The van der Waals surface area contributed by atoms with Crippen LogP contribution in [0.4, 0.5) is 0 Å². The average molecular weight is 304 g/mol. The van der Waals surface area contributed by atoms with E-state index in [0.717, 1.165) is 25.7 Å². The van der Waals surface area contributed by atoms with Crippen LogP contribution in [0.5, 0.6) is 0 Å². The van der Waals surface area contributed by atoms with Crippen molar-refractivity contribution >= 4 is 21.7 Å². The number of carboxylic acid groups (broad SMARTS) is 1. The Hall–Kier alpha value is -0.920. The predicted octanol–water partition coefficient (Wildman–Crippen LogP) is 3.88. The summed E-state index contributed by atoms with van der Waals surface area (Å²) in [7, 11) is 4.51. The monoisotopic (exact) mass is 304 g/mol. The Balaban J connectivity index is 3.62. The highest BCUT2D eigenvalue weighted by Gasteiger charge is 2.08. The molecule has 4 heteroatoms. The largest absolute Gasteiger partial charge is 0.481 e. The maximum Gasteiger partial charge on any atom is 0.303 e. The van der Waals surface area contributed by atoms with Crippen LogP contribution in [0.3, 0.4) is 0 Å². The Morgan fingerprint density at radius 1 is 0.909 bits per heavy atom. The molecule has 22 heavy (non-hydrogen) atoms. The van der Waals surface area contributed by atoms with E-state index in [0.29, 0.717) is 6.42 Å². The predicted molar refractivity (Wildman–Crippen MR) is 102 cm³/mol. The summed E-state index contributed by atoms with van der Waals surface area (Å²) in [6.45, 7) is 2.24. The van der Waals surface area contributed by atoms with Crippen LogP contribution in [0.1, 0.15) is 77.6 Å². The van der Waals surface area contributed by atoms with Gasteiger partial charge in [0.15, 0.2) is 0 Å². The lowest BCUT2D eigenvalue weighted by atomic mass is 9.54. The van der Waals surface area contributed by atoms with E-state index in [-0.39, 0.29) is 5.21 Å². The minimum atomic E-state index is -0.673. The van der Waals surface area contributed by atoms with Gasteiger partial charge in [-0.05, 0) is 32.1 Å². The van der Waals surface area contributed by atoms with Crippen LogP contribution < -0.4 is 0 Å². The van der Waals surface area contributed by atoms with Gasteiger partial charge in [0, 0.05) is 6.42 Å². The van der Waals surface area contributed by atoms with Gasteiger partial charge in [0.05, 0.1) is 0 Å². The number of carboxylic acids is 1. The molecular weight excluding hydrogens is 270 g/mol. The minimum Gasteiger partial charge on any atom is -0.481 e. The van der Waals surface area contributed by atoms with Crippen molar-refractivity contribution < 1.29 is 9.90 Å². The van der Waals surface area contributed by atoms with E-state index < -0.39 is 5.97 Å². The number of carbonyl (C=O) groups is 1. The number of rotatable bonds is 14. The standard InChI is InChI=1S/C18H34B2O2/c1-2-3-4-9-12-15-18(19,20)16-13-10-7-5-6-8-11-14-17(21)22/h12-13,15-16H,2-11,14,19-20H2,1H3,(H,21,22)/b15-12-,16-13-. The first-order chi connectivity index (χ1) is 10.5. The molecule has 0 saturated carbocycles. The van der Waals surface area contributed by atoms with Gasteiger partial charge in [-0.2, -0.15) is 0 Å². The highest BCUT2D eigenvalue weighted by Crippen LogP contribution is 2.21. The van der Waals surface area contributed by atoms with Gasteiger partial charge in [0.25, 0.3) is 0 Å². The number of aliphatic carboxylic acids is 1. The van der Waals surface area contributed by atoms with Gasteiger partial charge in [-0.1, -0.05) is 68.5 Å². The lowest BCUT2D eigenvalue weighted by Gasteiger charge is -2.14. The molecule has 0 aliphatic heterocycles. The van der Waals surface area contributed by atoms with Gasteiger partial charge in [-0.15, -0.1) is 0 Å². The second-order valence-electron chi connectivity index (χ2n) is 6.82. The molecule has 0 amide bonds. The topological polar surface area (TPSA) is 37.3 Å². The van der Waals surface area contributed by atoms with Crippen LogP contribution in [0.2, 0.25) is 5.21 Å². The van der Waals surface area contributed by atoms with Crippen molar-refractivity contribution in [2.45, 2.75) is 82.8 Å². The molecule has 0 saturated heterocycles. The quantitative estimate of drug-likeness (QED) is 0.300. The maximum absolute atomic E-state index is 10.4. The van der Waals surface area contributed by atoms with E-state index in [1.54, 1.807) is 0 Å². The van der Waals surface area contributed by atoms with Crippen molar-refractivity contribution in [3.8, 4) is 0 Å². The molecule has 124 valence electrons. The molecular formula is C18H34B2O2. The highest BCUT2D eigenvalue weighted by molar-refractivity contribution is 6.42. The summed E-state index contributed by atoms with van der Waals surface area (Å²) >= 11 is 0. The molecule has 0 atom stereocenters. The summed E-state index contributed by atoms with van der Waals surface area (Å²) in [5, 5.41) is 8.71. The SMILES string of the molecule is BC(B)(/C=C\CCCCC)/C=C\CCCCCCCC(=O)O. The zero-order chi connectivity index (χ0) is 16.7. The third kappa shape index (κ3) is 15.5. The first kappa shape index (κ1) is 21.1. The molecule has 0 aromatic carbocycles. The Bertz CT molecular complexity index is 336. The molecule has 0 radical (unpaired) electrons. The minimum absolute atomic E-state index is 0.160. The van der Waals surface area contributed by atoms with Crippen molar-refractivity contribution in [1.82, 2.24) is 0 Å². The van der Waals surface area contributed by atoms with E-state index in [9.17, 15) is 4.79 Å².